The second-order valence-electron chi connectivity index (χ2n) is 5.88. The lowest BCUT2D eigenvalue weighted by Crippen LogP contribution is -2.36. The second-order valence-corrected chi connectivity index (χ2v) is 6.58. The third-order valence-electron chi connectivity index (χ3n) is 4.28. The van der Waals surface area contributed by atoms with E-state index in [1.807, 2.05) is 18.0 Å². The van der Waals surface area contributed by atoms with E-state index in [0.29, 0.717) is 5.92 Å². The quantitative estimate of drug-likeness (QED) is 0.849. The van der Waals surface area contributed by atoms with E-state index in [-0.39, 0.29) is 0 Å². The third kappa shape index (κ3) is 3.39. The van der Waals surface area contributed by atoms with Gasteiger partial charge in [-0.3, -0.25) is 9.40 Å². The van der Waals surface area contributed by atoms with E-state index in [1.54, 1.807) is 18.1 Å². The molecule has 3 rings (SSSR count). The molecule has 4 nitrogen and oxygen atoms in total. The first-order valence-corrected chi connectivity index (χ1v) is 8.84. The maximum Gasteiger partial charge on any atom is 0.416 e. The summed E-state index contributed by atoms with van der Waals surface area (Å²) >= 11 is 1.57. The lowest BCUT2D eigenvalue weighted by atomic mass is 9.96. The van der Waals surface area contributed by atoms with Gasteiger partial charge in [-0.1, -0.05) is 11.9 Å². The van der Waals surface area contributed by atoms with Gasteiger partial charge in [-0.05, 0) is 42.9 Å². The molecule has 2 aromatic rings. The Balaban J connectivity index is 1.90. The molecule has 0 fully saturated rings. The van der Waals surface area contributed by atoms with Gasteiger partial charge in [0.25, 0.3) is 0 Å². The smallest absolute Gasteiger partial charge is 0.338 e. The van der Waals surface area contributed by atoms with Crippen LogP contribution in [0, 0.1) is 5.92 Å². The first-order chi connectivity index (χ1) is 11.4. The molecule has 0 bridgehead atoms. The minimum atomic E-state index is -4.31. The van der Waals surface area contributed by atoms with E-state index in [9.17, 15) is 13.2 Å². The van der Waals surface area contributed by atoms with Crippen LogP contribution in [0.2, 0.25) is 0 Å². The van der Waals surface area contributed by atoms with Gasteiger partial charge >= 0.3 is 6.18 Å². The summed E-state index contributed by atoms with van der Waals surface area (Å²) < 4.78 is 43.4. The van der Waals surface area contributed by atoms with Crippen LogP contribution in [0.1, 0.15) is 11.3 Å². The Morgan fingerprint density at radius 1 is 1.29 bits per heavy atom. The average Bonchev–Trinajstić information content (AvgIpc) is 2.93. The van der Waals surface area contributed by atoms with E-state index in [2.05, 4.69) is 14.7 Å². The van der Waals surface area contributed by atoms with Gasteiger partial charge in [0.1, 0.15) is 0 Å². The van der Waals surface area contributed by atoms with Crippen LogP contribution in [0.15, 0.2) is 30.5 Å². The predicted octanol–water partition coefficient (Wildman–Crippen LogP) is 3.62. The maximum atomic E-state index is 12.8. The van der Waals surface area contributed by atoms with Gasteiger partial charge in [0.15, 0.2) is 0 Å². The molecule has 1 aromatic heterocycles. The van der Waals surface area contributed by atoms with Crippen molar-refractivity contribution in [3.05, 3.63) is 41.7 Å². The topological polar surface area (TPSA) is 33.1 Å². The minimum absolute atomic E-state index is 0.364. The number of rotatable bonds is 4. The Labute approximate surface area is 143 Å². The zero-order valence-electron chi connectivity index (χ0n) is 13.5. The molecule has 0 saturated carbocycles. The largest absolute Gasteiger partial charge is 0.416 e. The molecule has 1 atom stereocenters. The molecule has 2 heterocycles. The molecular weight excluding hydrogens is 337 g/mol. The Morgan fingerprint density at radius 2 is 2.00 bits per heavy atom. The molecule has 0 amide bonds. The van der Waals surface area contributed by atoms with Crippen LogP contribution in [-0.4, -0.2) is 29.1 Å². The predicted molar refractivity (Wildman–Crippen MR) is 90.4 cm³/mol. The zero-order valence-corrected chi connectivity index (χ0v) is 14.3. The number of fused-ring (bicyclic) bond motifs is 1. The molecule has 1 aliphatic heterocycles. The molecule has 0 spiro atoms. The van der Waals surface area contributed by atoms with Crippen molar-refractivity contribution in [3.8, 4) is 0 Å². The molecule has 1 N–H and O–H groups in total. The number of halogens is 3. The van der Waals surface area contributed by atoms with Crippen LogP contribution in [0.3, 0.4) is 0 Å². The number of aromatic nitrogens is 2. The normalized spacial score (nSPS) is 17.9. The van der Waals surface area contributed by atoms with Gasteiger partial charge in [-0.15, -0.1) is 0 Å². The molecule has 8 heteroatoms. The molecule has 0 radical (unpaired) electrons. The fourth-order valence-electron chi connectivity index (χ4n) is 3.02. The van der Waals surface area contributed by atoms with Crippen molar-refractivity contribution in [3.63, 3.8) is 0 Å². The van der Waals surface area contributed by atoms with Crippen molar-refractivity contribution < 1.29 is 13.2 Å². The first-order valence-electron chi connectivity index (χ1n) is 7.61. The van der Waals surface area contributed by atoms with E-state index >= 15 is 0 Å². The second kappa shape index (κ2) is 6.68. The highest BCUT2D eigenvalue weighted by molar-refractivity contribution is 7.96. The van der Waals surface area contributed by atoms with Crippen LogP contribution < -0.4 is 9.62 Å². The van der Waals surface area contributed by atoms with Crippen LogP contribution in [0.25, 0.3) is 0 Å². The van der Waals surface area contributed by atoms with Crippen LogP contribution in [-0.2, 0) is 19.6 Å². The average molecular weight is 356 g/mol. The summed E-state index contributed by atoms with van der Waals surface area (Å²) in [5.41, 5.74) is 2.20. The molecule has 1 aromatic carbocycles. The minimum Gasteiger partial charge on any atom is -0.338 e. The monoisotopic (exact) mass is 356 g/mol. The molecular formula is C16H19F3N4S. The molecule has 24 heavy (non-hydrogen) atoms. The summed E-state index contributed by atoms with van der Waals surface area (Å²) in [6.45, 7) is 1.58. The zero-order chi connectivity index (χ0) is 17.3. The van der Waals surface area contributed by atoms with Gasteiger partial charge in [-0.25, -0.2) is 0 Å². The summed E-state index contributed by atoms with van der Waals surface area (Å²) in [6.07, 6.45) is 0.346. The van der Waals surface area contributed by atoms with Crippen molar-refractivity contribution in [2.75, 3.05) is 24.2 Å². The van der Waals surface area contributed by atoms with Gasteiger partial charge < -0.3 is 4.90 Å². The Morgan fingerprint density at radius 3 is 2.62 bits per heavy atom. The summed E-state index contributed by atoms with van der Waals surface area (Å²) in [7, 11) is 1.90. The lowest BCUT2D eigenvalue weighted by molar-refractivity contribution is -0.137. The number of aryl methyl sites for hydroxylation is 1. The Kier molecular flexibility index (Phi) is 4.78. The first kappa shape index (κ1) is 17.2. The summed E-state index contributed by atoms with van der Waals surface area (Å²) in [5.74, 6) is 0.364. The SMILES string of the molecule is CSNCC1Cc2c(cnn2C)N(c2ccc(C(F)(F)F)cc2)C1. The Bertz CT molecular complexity index is 696. The van der Waals surface area contributed by atoms with Gasteiger partial charge in [0.05, 0.1) is 23.1 Å². The molecule has 1 aliphatic rings. The molecule has 0 aliphatic carbocycles. The van der Waals surface area contributed by atoms with Crippen LogP contribution in [0.5, 0.6) is 0 Å². The fourth-order valence-corrected chi connectivity index (χ4v) is 3.42. The summed E-state index contributed by atoms with van der Waals surface area (Å²) in [4.78, 5) is 2.05. The molecule has 0 saturated heterocycles. The van der Waals surface area contributed by atoms with Gasteiger partial charge in [0.2, 0.25) is 0 Å². The molecule has 1 unspecified atom stereocenters. The number of alkyl halides is 3. The van der Waals surface area contributed by atoms with E-state index < -0.39 is 11.7 Å². The number of nitrogens with zero attached hydrogens (tertiary/aromatic N) is 3. The van der Waals surface area contributed by atoms with Crippen molar-refractivity contribution in [2.45, 2.75) is 12.6 Å². The van der Waals surface area contributed by atoms with Gasteiger partial charge in [-0.2, -0.15) is 18.3 Å². The summed E-state index contributed by atoms with van der Waals surface area (Å²) in [6, 6.07) is 5.33. The number of nitrogens with one attached hydrogen (secondary N) is 1. The van der Waals surface area contributed by atoms with Crippen LogP contribution >= 0.6 is 11.9 Å². The van der Waals surface area contributed by atoms with E-state index in [4.69, 9.17) is 0 Å². The molecule has 130 valence electrons. The number of hydrogen-bond acceptors (Lipinski definition) is 4. The highest BCUT2D eigenvalue weighted by Gasteiger charge is 2.31. The van der Waals surface area contributed by atoms with Crippen molar-refractivity contribution in [1.82, 2.24) is 14.5 Å². The van der Waals surface area contributed by atoms with Crippen molar-refractivity contribution in [2.24, 2.45) is 13.0 Å². The van der Waals surface area contributed by atoms with Crippen molar-refractivity contribution >= 4 is 23.3 Å². The maximum absolute atomic E-state index is 12.8. The summed E-state index contributed by atoms with van der Waals surface area (Å²) in [5, 5.41) is 4.31. The van der Waals surface area contributed by atoms with Crippen molar-refractivity contribution in [1.29, 1.82) is 0 Å². The third-order valence-corrected chi connectivity index (χ3v) is 4.73. The number of benzene rings is 1. The van der Waals surface area contributed by atoms with E-state index in [0.717, 1.165) is 48.7 Å². The fraction of sp³-hybridized carbons (Fsp3) is 0.438. The highest BCUT2D eigenvalue weighted by atomic mass is 32.2. The lowest BCUT2D eigenvalue weighted by Gasteiger charge is -2.34. The Hall–Kier alpha value is -1.67. The number of anilines is 2. The van der Waals surface area contributed by atoms with Crippen LogP contribution in [0.4, 0.5) is 24.5 Å². The van der Waals surface area contributed by atoms with E-state index in [1.165, 1.54) is 12.1 Å². The highest BCUT2D eigenvalue weighted by Crippen LogP contribution is 2.37. The number of hydrogen-bond donors (Lipinski definition) is 1. The standard InChI is InChI=1S/C16H19F3N4S/c1-22-14-7-11(8-21-24-2)10-23(15(14)9-20-22)13-5-3-12(4-6-13)16(17,18)19/h3-6,9,11,21H,7-8,10H2,1-2H3. The van der Waals surface area contributed by atoms with Gasteiger partial charge in [0, 0.05) is 25.8 Å².